The van der Waals surface area contributed by atoms with Crippen LogP contribution in [0.2, 0.25) is 0 Å². The third-order valence-corrected chi connectivity index (χ3v) is 4.82. The van der Waals surface area contributed by atoms with Gasteiger partial charge in [-0.2, -0.15) is 0 Å². The van der Waals surface area contributed by atoms with Crippen molar-refractivity contribution in [1.29, 1.82) is 0 Å². The van der Waals surface area contributed by atoms with Gasteiger partial charge in [0.2, 0.25) is 0 Å². The van der Waals surface area contributed by atoms with E-state index in [2.05, 4.69) is 30.3 Å². The van der Waals surface area contributed by atoms with Crippen molar-refractivity contribution in [2.24, 2.45) is 0 Å². The van der Waals surface area contributed by atoms with Gasteiger partial charge in [-0.25, -0.2) is 0 Å². The number of benzene rings is 3. The van der Waals surface area contributed by atoms with E-state index in [0.717, 1.165) is 20.5 Å². The molecule has 1 heterocycles. The van der Waals surface area contributed by atoms with Gasteiger partial charge in [0.25, 0.3) is 0 Å². The first-order valence-corrected chi connectivity index (χ1v) is 7.65. The van der Waals surface area contributed by atoms with Gasteiger partial charge in [-0.3, -0.25) is 4.79 Å². The van der Waals surface area contributed by atoms with Gasteiger partial charge < -0.3 is 0 Å². The number of hydrogen-bond acceptors (Lipinski definition) is 2. The Morgan fingerprint density at radius 2 is 1.48 bits per heavy atom. The summed E-state index contributed by atoms with van der Waals surface area (Å²) in [4.78, 5) is 13.3. The molecule has 4 rings (SSSR count). The van der Waals surface area contributed by atoms with E-state index >= 15 is 0 Å². The molecule has 21 heavy (non-hydrogen) atoms. The maximum Gasteiger partial charge on any atom is 0.188 e. The second-order valence-corrected chi connectivity index (χ2v) is 6.12. The van der Waals surface area contributed by atoms with Gasteiger partial charge in [0.05, 0.1) is 0 Å². The topological polar surface area (TPSA) is 17.1 Å². The van der Waals surface area contributed by atoms with Crippen LogP contribution >= 0.6 is 11.3 Å². The van der Waals surface area contributed by atoms with Crippen LogP contribution < -0.4 is 5.43 Å². The fourth-order valence-corrected chi connectivity index (χ4v) is 3.66. The van der Waals surface area contributed by atoms with Crippen LogP contribution in [-0.2, 0) is 0 Å². The molecule has 2 heteroatoms. The van der Waals surface area contributed by atoms with E-state index in [0.29, 0.717) is 0 Å². The average molecular weight is 288 g/mol. The number of rotatable bonds is 1. The molecule has 0 atom stereocenters. The highest BCUT2D eigenvalue weighted by Crippen LogP contribution is 2.30. The average Bonchev–Trinajstić information content (AvgIpc) is 2.54. The lowest BCUT2D eigenvalue weighted by Gasteiger charge is -2.04. The van der Waals surface area contributed by atoms with Crippen molar-refractivity contribution in [1.82, 2.24) is 0 Å². The van der Waals surface area contributed by atoms with Crippen molar-refractivity contribution >= 4 is 32.2 Å². The molecule has 100 valence electrons. The van der Waals surface area contributed by atoms with E-state index in [9.17, 15) is 4.79 Å². The molecule has 0 aliphatic carbocycles. The summed E-state index contributed by atoms with van der Waals surface area (Å²) in [5, 5.41) is 3.21. The zero-order valence-corrected chi connectivity index (χ0v) is 12.1. The van der Waals surface area contributed by atoms with Crippen LogP contribution in [0.15, 0.2) is 77.6 Å². The molecule has 3 aromatic carbocycles. The van der Waals surface area contributed by atoms with E-state index in [1.165, 1.54) is 10.8 Å². The summed E-state index contributed by atoms with van der Waals surface area (Å²) in [6.45, 7) is 0. The lowest BCUT2D eigenvalue weighted by atomic mass is 10.1. The Kier molecular flexibility index (Phi) is 2.83. The van der Waals surface area contributed by atoms with Gasteiger partial charge in [-0.05, 0) is 34.5 Å². The van der Waals surface area contributed by atoms with Crippen molar-refractivity contribution in [2.75, 3.05) is 0 Å². The first-order valence-electron chi connectivity index (χ1n) is 6.83. The molecule has 0 saturated carbocycles. The second-order valence-electron chi connectivity index (χ2n) is 5.03. The maximum absolute atomic E-state index is 12.2. The summed E-state index contributed by atoms with van der Waals surface area (Å²) in [5.41, 5.74) is 1.19. The Bertz CT molecular complexity index is 1010. The van der Waals surface area contributed by atoms with E-state index in [1.54, 1.807) is 17.4 Å². The predicted octanol–water partition coefficient (Wildman–Crippen LogP) is 5.08. The Morgan fingerprint density at radius 3 is 2.38 bits per heavy atom. The molecule has 0 bridgehead atoms. The molecule has 1 nitrogen and oxygen atoms in total. The van der Waals surface area contributed by atoms with Gasteiger partial charge in [0.1, 0.15) is 0 Å². The summed E-state index contributed by atoms with van der Waals surface area (Å²) in [7, 11) is 0. The third kappa shape index (κ3) is 2.14. The fraction of sp³-hybridized carbons (Fsp3) is 0. The van der Waals surface area contributed by atoms with Gasteiger partial charge in [-0.1, -0.05) is 48.5 Å². The molecule has 0 aliphatic rings. The third-order valence-electron chi connectivity index (χ3n) is 3.67. The lowest BCUT2D eigenvalue weighted by Crippen LogP contribution is -1.98. The molecule has 1 aromatic heterocycles. The van der Waals surface area contributed by atoms with E-state index in [-0.39, 0.29) is 5.43 Å². The first-order chi connectivity index (χ1) is 10.3. The summed E-state index contributed by atoms with van der Waals surface area (Å²) in [6.07, 6.45) is 0. The Hall–Kier alpha value is -2.45. The van der Waals surface area contributed by atoms with Crippen molar-refractivity contribution in [3.05, 3.63) is 83.0 Å². The molecule has 0 amide bonds. The van der Waals surface area contributed by atoms with E-state index < -0.39 is 0 Å². The predicted molar refractivity (Wildman–Crippen MR) is 91.0 cm³/mol. The molecule has 0 spiro atoms. The van der Waals surface area contributed by atoms with Crippen molar-refractivity contribution < 1.29 is 0 Å². The minimum Gasteiger partial charge on any atom is -0.289 e. The first kappa shape index (κ1) is 12.3. The monoisotopic (exact) mass is 288 g/mol. The Morgan fingerprint density at radius 1 is 0.714 bits per heavy atom. The largest absolute Gasteiger partial charge is 0.289 e. The van der Waals surface area contributed by atoms with Crippen LogP contribution in [0, 0.1) is 0 Å². The lowest BCUT2D eigenvalue weighted by molar-refractivity contribution is 1.68. The smallest absolute Gasteiger partial charge is 0.188 e. The van der Waals surface area contributed by atoms with Gasteiger partial charge in [-0.15, -0.1) is 11.3 Å². The van der Waals surface area contributed by atoms with Gasteiger partial charge in [0.15, 0.2) is 5.43 Å². The fourth-order valence-electron chi connectivity index (χ4n) is 2.59. The zero-order valence-electron chi connectivity index (χ0n) is 11.2. The van der Waals surface area contributed by atoms with Crippen molar-refractivity contribution in [3.8, 4) is 10.4 Å². The molecule has 0 aliphatic heterocycles. The second kappa shape index (κ2) is 4.83. The minimum absolute atomic E-state index is 0.0903. The zero-order chi connectivity index (χ0) is 14.2. The van der Waals surface area contributed by atoms with Crippen LogP contribution in [0.1, 0.15) is 0 Å². The molecule has 0 radical (unpaired) electrons. The maximum atomic E-state index is 12.2. The minimum atomic E-state index is 0.0903. The van der Waals surface area contributed by atoms with Gasteiger partial charge >= 0.3 is 0 Å². The molecule has 0 N–H and O–H groups in total. The molecular weight excluding hydrogens is 276 g/mol. The molecular formula is C19H12OS. The van der Waals surface area contributed by atoms with Crippen LogP contribution in [-0.4, -0.2) is 0 Å². The summed E-state index contributed by atoms with van der Waals surface area (Å²) in [6, 6.07) is 24.1. The highest BCUT2D eigenvalue weighted by atomic mass is 32.1. The molecule has 0 saturated heterocycles. The summed E-state index contributed by atoms with van der Waals surface area (Å²) >= 11 is 1.66. The standard InChI is InChI=1S/C19H12OS/c20-17-12-19(21-18-8-4-3-7-16(17)18)15-10-9-13-5-1-2-6-14(13)11-15/h1-12H. The Balaban J connectivity index is 1.97. The van der Waals surface area contributed by atoms with Crippen LogP contribution in [0.3, 0.4) is 0 Å². The SMILES string of the molecule is O=c1cc(-c2ccc3ccccc3c2)sc2ccccc12. The quantitative estimate of drug-likeness (QED) is 0.477. The van der Waals surface area contributed by atoms with Crippen molar-refractivity contribution in [3.63, 3.8) is 0 Å². The molecule has 0 fully saturated rings. The normalized spacial score (nSPS) is 11.0. The van der Waals surface area contributed by atoms with Crippen molar-refractivity contribution in [2.45, 2.75) is 0 Å². The van der Waals surface area contributed by atoms with E-state index in [1.807, 2.05) is 36.4 Å². The van der Waals surface area contributed by atoms with Gasteiger partial charge in [0, 0.05) is 21.0 Å². The van der Waals surface area contributed by atoms with E-state index in [4.69, 9.17) is 0 Å². The van der Waals surface area contributed by atoms with Crippen LogP contribution in [0.25, 0.3) is 31.3 Å². The summed E-state index contributed by atoms with van der Waals surface area (Å²) < 4.78 is 1.04. The molecule has 0 unspecified atom stereocenters. The van der Waals surface area contributed by atoms with Crippen LogP contribution in [0.5, 0.6) is 0 Å². The van der Waals surface area contributed by atoms with Crippen LogP contribution in [0.4, 0.5) is 0 Å². The number of hydrogen-bond donors (Lipinski definition) is 0. The number of fused-ring (bicyclic) bond motifs is 2. The summed E-state index contributed by atoms with van der Waals surface area (Å²) in [5.74, 6) is 0. The Labute approximate surface area is 126 Å². The highest BCUT2D eigenvalue weighted by molar-refractivity contribution is 7.21. The molecule has 4 aromatic rings. The highest BCUT2D eigenvalue weighted by Gasteiger charge is 2.05.